The number of fused-ring (bicyclic) bond motifs is 1. The van der Waals surface area contributed by atoms with Crippen LogP contribution in [0.4, 0.5) is 5.69 Å². The molecule has 3 aromatic rings. The number of hydrogen-bond donors (Lipinski definition) is 1. The number of hydrogen-bond acceptors (Lipinski definition) is 3. The number of anilines is 1. The van der Waals surface area contributed by atoms with Crippen molar-refractivity contribution in [3.05, 3.63) is 87.4 Å². The van der Waals surface area contributed by atoms with E-state index in [0.717, 1.165) is 22.4 Å². The van der Waals surface area contributed by atoms with Gasteiger partial charge in [0.2, 0.25) is 0 Å². The van der Waals surface area contributed by atoms with E-state index in [9.17, 15) is 4.79 Å². The normalized spacial score (nSPS) is 13.8. The Bertz CT molecular complexity index is 1140. The Balaban J connectivity index is 1.60. The molecular weight excluding hydrogens is 421 g/mol. The van der Waals surface area contributed by atoms with Crippen molar-refractivity contribution in [3.8, 4) is 11.5 Å². The standard InChI is InChI=1S/C24H19Cl2NO3/c1-2-29-23-12-15(11-19-18-5-3-4-6-21(18)27-24(19)28)7-10-22(23)30-14-16-8-9-17(25)13-20(16)26/h3-13H,2,14H2,1H3,(H,27,28). The van der Waals surface area contributed by atoms with Crippen LogP contribution in [0.2, 0.25) is 10.0 Å². The van der Waals surface area contributed by atoms with Crippen LogP contribution in [0.15, 0.2) is 60.7 Å². The highest BCUT2D eigenvalue weighted by Gasteiger charge is 2.23. The summed E-state index contributed by atoms with van der Waals surface area (Å²) in [5.74, 6) is 1.08. The van der Waals surface area contributed by atoms with Gasteiger partial charge in [-0.15, -0.1) is 0 Å². The van der Waals surface area contributed by atoms with Crippen molar-refractivity contribution in [1.29, 1.82) is 0 Å². The summed E-state index contributed by atoms with van der Waals surface area (Å²) < 4.78 is 11.7. The number of halogens is 2. The SMILES string of the molecule is CCOc1cc(C=C2C(=O)Nc3ccccc32)ccc1OCc1ccc(Cl)cc1Cl. The minimum Gasteiger partial charge on any atom is -0.490 e. The van der Waals surface area contributed by atoms with Crippen LogP contribution in [-0.2, 0) is 11.4 Å². The fraction of sp³-hybridized carbons (Fsp3) is 0.125. The molecule has 1 amide bonds. The van der Waals surface area contributed by atoms with Crippen LogP contribution in [0.3, 0.4) is 0 Å². The maximum atomic E-state index is 12.4. The average molecular weight is 440 g/mol. The number of ether oxygens (including phenoxy) is 2. The summed E-state index contributed by atoms with van der Waals surface area (Å²) in [5, 5.41) is 4.01. The molecule has 0 saturated heterocycles. The molecule has 1 heterocycles. The van der Waals surface area contributed by atoms with Crippen molar-refractivity contribution in [2.75, 3.05) is 11.9 Å². The largest absolute Gasteiger partial charge is 0.490 e. The zero-order valence-corrected chi connectivity index (χ0v) is 17.8. The first-order valence-electron chi connectivity index (χ1n) is 9.51. The first-order chi connectivity index (χ1) is 14.5. The summed E-state index contributed by atoms with van der Waals surface area (Å²) in [5.41, 5.74) is 4.00. The predicted molar refractivity (Wildman–Crippen MR) is 121 cm³/mol. The molecule has 0 aromatic heterocycles. The minimum atomic E-state index is -0.119. The fourth-order valence-electron chi connectivity index (χ4n) is 3.25. The van der Waals surface area contributed by atoms with Crippen LogP contribution < -0.4 is 14.8 Å². The van der Waals surface area contributed by atoms with Crippen LogP contribution in [-0.4, -0.2) is 12.5 Å². The third-order valence-electron chi connectivity index (χ3n) is 4.69. The zero-order valence-electron chi connectivity index (χ0n) is 16.2. The molecule has 0 unspecified atom stereocenters. The van der Waals surface area contributed by atoms with Gasteiger partial charge in [0.1, 0.15) is 6.61 Å². The highest BCUT2D eigenvalue weighted by Crippen LogP contribution is 2.35. The van der Waals surface area contributed by atoms with E-state index in [2.05, 4.69) is 5.32 Å². The first-order valence-corrected chi connectivity index (χ1v) is 10.3. The molecule has 0 saturated carbocycles. The van der Waals surface area contributed by atoms with Crippen molar-refractivity contribution >= 4 is 46.4 Å². The van der Waals surface area contributed by atoms with Gasteiger partial charge >= 0.3 is 0 Å². The van der Waals surface area contributed by atoms with Crippen LogP contribution in [0.5, 0.6) is 11.5 Å². The van der Waals surface area contributed by atoms with Gasteiger partial charge < -0.3 is 14.8 Å². The van der Waals surface area contributed by atoms with Crippen LogP contribution in [0.25, 0.3) is 11.6 Å². The van der Waals surface area contributed by atoms with E-state index < -0.39 is 0 Å². The maximum absolute atomic E-state index is 12.4. The van der Waals surface area contributed by atoms with Gasteiger partial charge in [0.15, 0.2) is 11.5 Å². The molecule has 4 nitrogen and oxygen atoms in total. The number of nitrogens with one attached hydrogen (secondary N) is 1. The molecule has 6 heteroatoms. The molecule has 152 valence electrons. The Morgan fingerprint density at radius 3 is 2.60 bits per heavy atom. The van der Waals surface area contributed by atoms with Gasteiger partial charge in [-0.2, -0.15) is 0 Å². The summed E-state index contributed by atoms with van der Waals surface area (Å²) in [7, 11) is 0. The highest BCUT2D eigenvalue weighted by molar-refractivity contribution is 6.35. The molecule has 30 heavy (non-hydrogen) atoms. The second-order valence-corrected chi connectivity index (χ2v) is 7.56. The Hall–Kier alpha value is -2.95. The molecule has 1 aliphatic rings. The van der Waals surface area contributed by atoms with Crippen LogP contribution in [0.1, 0.15) is 23.6 Å². The summed E-state index contributed by atoms with van der Waals surface area (Å²) in [6.07, 6.45) is 1.85. The molecule has 0 fully saturated rings. The van der Waals surface area contributed by atoms with Gasteiger partial charge in [0.05, 0.1) is 6.61 Å². The Labute approximate surface area is 185 Å². The third-order valence-corrected chi connectivity index (χ3v) is 5.27. The monoisotopic (exact) mass is 439 g/mol. The highest BCUT2D eigenvalue weighted by atomic mass is 35.5. The first kappa shape index (κ1) is 20.3. The lowest BCUT2D eigenvalue weighted by molar-refractivity contribution is -0.110. The number of para-hydroxylation sites is 1. The number of amides is 1. The predicted octanol–water partition coefficient (Wildman–Crippen LogP) is 6.46. The molecule has 4 rings (SSSR count). The second-order valence-electron chi connectivity index (χ2n) is 6.72. The topological polar surface area (TPSA) is 47.6 Å². The summed E-state index contributed by atoms with van der Waals surface area (Å²) in [4.78, 5) is 12.4. The van der Waals surface area contributed by atoms with Crippen LogP contribution >= 0.6 is 23.2 Å². The lowest BCUT2D eigenvalue weighted by Gasteiger charge is -2.13. The number of carbonyl (C=O) groups excluding carboxylic acids is 1. The molecule has 0 radical (unpaired) electrons. The number of benzene rings is 3. The summed E-state index contributed by atoms with van der Waals surface area (Å²) in [6.45, 7) is 2.68. The zero-order chi connectivity index (χ0) is 21.1. The number of carbonyl (C=O) groups is 1. The van der Waals surface area contributed by atoms with Crippen LogP contribution in [0, 0.1) is 0 Å². The van der Waals surface area contributed by atoms with Crippen molar-refractivity contribution < 1.29 is 14.3 Å². The second kappa shape index (κ2) is 8.82. The summed E-state index contributed by atoms with van der Waals surface area (Å²) >= 11 is 12.2. The third kappa shape index (κ3) is 4.30. The van der Waals surface area contributed by atoms with E-state index in [0.29, 0.717) is 33.7 Å². The average Bonchev–Trinajstić information content (AvgIpc) is 3.04. The number of rotatable bonds is 6. The van der Waals surface area contributed by atoms with Gasteiger partial charge in [0.25, 0.3) is 5.91 Å². The van der Waals surface area contributed by atoms with E-state index in [1.807, 2.05) is 61.5 Å². The van der Waals surface area contributed by atoms with E-state index >= 15 is 0 Å². The van der Waals surface area contributed by atoms with E-state index in [-0.39, 0.29) is 12.5 Å². The van der Waals surface area contributed by atoms with Crippen molar-refractivity contribution in [1.82, 2.24) is 0 Å². The maximum Gasteiger partial charge on any atom is 0.256 e. The quantitative estimate of drug-likeness (QED) is 0.448. The Morgan fingerprint density at radius 2 is 1.80 bits per heavy atom. The minimum absolute atomic E-state index is 0.119. The molecular formula is C24H19Cl2NO3. The lowest BCUT2D eigenvalue weighted by Crippen LogP contribution is -2.03. The molecule has 1 N–H and O–H groups in total. The molecule has 3 aromatic carbocycles. The van der Waals surface area contributed by atoms with Crippen molar-refractivity contribution in [2.45, 2.75) is 13.5 Å². The Kier molecular flexibility index (Phi) is 5.98. The Morgan fingerprint density at radius 1 is 0.967 bits per heavy atom. The van der Waals surface area contributed by atoms with E-state index in [4.69, 9.17) is 32.7 Å². The van der Waals surface area contributed by atoms with Gasteiger partial charge in [-0.1, -0.05) is 53.5 Å². The lowest BCUT2D eigenvalue weighted by atomic mass is 10.0. The van der Waals surface area contributed by atoms with Crippen molar-refractivity contribution in [2.24, 2.45) is 0 Å². The van der Waals surface area contributed by atoms with E-state index in [1.54, 1.807) is 12.1 Å². The van der Waals surface area contributed by atoms with Gasteiger partial charge in [-0.3, -0.25) is 4.79 Å². The molecule has 0 aliphatic carbocycles. The fourth-order valence-corrected chi connectivity index (χ4v) is 3.71. The molecule has 0 bridgehead atoms. The molecule has 1 aliphatic heterocycles. The van der Waals surface area contributed by atoms with Gasteiger partial charge in [0, 0.05) is 32.4 Å². The molecule has 0 atom stereocenters. The summed E-state index contributed by atoms with van der Waals surface area (Å²) in [6, 6.07) is 18.5. The van der Waals surface area contributed by atoms with E-state index in [1.165, 1.54) is 0 Å². The smallest absolute Gasteiger partial charge is 0.256 e. The van der Waals surface area contributed by atoms with Crippen molar-refractivity contribution in [3.63, 3.8) is 0 Å². The van der Waals surface area contributed by atoms with Gasteiger partial charge in [-0.05, 0) is 48.9 Å². The van der Waals surface area contributed by atoms with Gasteiger partial charge in [-0.25, -0.2) is 0 Å². The molecule has 0 spiro atoms.